The van der Waals surface area contributed by atoms with Gasteiger partial charge < -0.3 is 29.1 Å². The molecule has 3 aromatic rings. The van der Waals surface area contributed by atoms with Crippen LogP contribution >= 0.6 is 0 Å². The van der Waals surface area contributed by atoms with Crippen molar-refractivity contribution in [1.29, 1.82) is 0 Å². The summed E-state index contributed by atoms with van der Waals surface area (Å²) in [6, 6.07) is 11.5. The lowest BCUT2D eigenvalue weighted by Crippen LogP contribution is -2.57. The molecule has 10 nitrogen and oxygen atoms in total. The van der Waals surface area contributed by atoms with Crippen LogP contribution in [0.2, 0.25) is 0 Å². The van der Waals surface area contributed by atoms with Gasteiger partial charge in [-0.25, -0.2) is 22.9 Å². The highest BCUT2D eigenvalue weighted by Crippen LogP contribution is 2.39. The van der Waals surface area contributed by atoms with Crippen molar-refractivity contribution in [2.45, 2.75) is 65.1 Å². The molecule has 2 aliphatic rings. The van der Waals surface area contributed by atoms with Crippen molar-refractivity contribution in [3.05, 3.63) is 77.8 Å². The zero-order valence-electron chi connectivity index (χ0n) is 27.8. The summed E-state index contributed by atoms with van der Waals surface area (Å²) in [5.41, 5.74) is 0.112. The van der Waals surface area contributed by atoms with Crippen molar-refractivity contribution in [2.24, 2.45) is 11.8 Å². The molecule has 0 unspecified atom stereocenters. The Labute approximate surface area is 278 Å². The van der Waals surface area contributed by atoms with Crippen LogP contribution in [0.1, 0.15) is 52.0 Å². The highest BCUT2D eigenvalue weighted by Gasteiger charge is 2.46. The van der Waals surface area contributed by atoms with E-state index in [0.717, 1.165) is 23.8 Å². The van der Waals surface area contributed by atoms with Crippen LogP contribution in [0.5, 0.6) is 0 Å². The third-order valence-electron chi connectivity index (χ3n) is 8.69. The minimum absolute atomic E-state index is 0.0329. The number of carbonyl (C=O) groups excluding carboxylic acids is 3. The molecule has 3 heterocycles. The van der Waals surface area contributed by atoms with Gasteiger partial charge in [0.25, 0.3) is 5.91 Å². The standard InChI is InChI=1S/C35H42F3N5O5/c1-21(44)33(46)43(18-24-15-42(19-29(24)38)34(47)48-35(3,4)5)31(25-16-40(17-25)22(2)45)32-39-30(27-13-26(36)11-12-28(27)37)20-41(32)14-23-9-7-6-8-10-23/h6-13,20-21,24-25,29,31,44H,14-19H2,1-5H3/t21-,24-,29-,31+/m0/s1. The number of likely N-dealkylation sites (tertiary alicyclic amines) is 2. The van der Waals surface area contributed by atoms with Crippen molar-refractivity contribution < 1.29 is 37.4 Å². The maximum atomic E-state index is 15.7. The predicted octanol–water partition coefficient (Wildman–Crippen LogP) is 4.81. The van der Waals surface area contributed by atoms with Crippen LogP contribution in [0.15, 0.2) is 54.7 Å². The molecule has 2 aromatic carbocycles. The summed E-state index contributed by atoms with van der Waals surface area (Å²) in [4.78, 5) is 48.0. The van der Waals surface area contributed by atoms with Gasteiger partial charge in [-0.2, -0.15) is 0 Å². The molecule has 0 spiro atoms. The van der Waals surface area contributed by atoms with E-state index in [0.29, 0.717) is 5.82 Å². The van der Waals surface area contributed by atoms with E-state index in [-0.39, 0.29) is 62.4 Å². The minimum atomic E-state index is -1.50. The lowest BCUT2D eigenvalue weighted by atomic mass is 9.88. The first-order chi connectivity index (χ1) is 22.6. The molecule has 2 fully saturated rings. The molecule has 0 radical (unpaired) electrons. The Morgan fingerprint density at radius 3 is 2.35 bits per heavy atom. The third-order valence-corrected chi connectivity index (χ3v) is 8.69. The first-order valence-corrected chi connectivity index (χ1v) is 16.0. The first-order valence-electron chi connectivity index (χ1n) is 16.0. The first kappa shape index (κ1) is 34.9. The molecule has 13 heteroatoms. The highest BCUT2D eigenvalue weighted by atomic mass is 19.1. The summed E-state index contributed by atoms with van der Waals surface area (Å²) in [5, 5.41) is 10.6. The Balaban J connectivity index is 1.59. The maximum absolute atomic E-state index is 15.7. The van der Waals surface area contributed by atoms with Gasteiger partial charge in [-0.15, -0.1) is 0 Å². The number of rotatable bonds is 9. The molecule has 2 saturated heterocycles. The molecule has 5 rings (SSSR count). The van der Waals surface area contributed by atoms with Crippen LogP contribution < -0.4 is 0 Å². The number of carbonyl (C=O) groups is 3. The van der Waals surface area contributed by atoms with E-state index in [2.05, 4.69) is 0 Å². The average Bonchev–Trinajstić information content (AvgIpc) is 3.57. The Morgan fingerprint density at radius 2 is 1.73 bits per heavy atom. The van der Waals surface area contributed by atoms with E-state index in [1.807, 2.05) is 30.3 Å². The molecule has 2 aliphatic heterocycles. The monoisotopic (exact) mass is 669 g/mol. The van der Waals surface area contributed by atoms with Crippen molar-refractivity contribution >= 4 is 17.9 Å². The van der Waals surface area contributed by atoms with Crippen molar-refractivity contribution in [2.75, 3.05) is 32.7 Å². The van der Waals surface area contributed by atoms with Gasteiger partial charge in [0.15, 0.2) is 0 Å². The minimum Gasteiger partial charge on any atom is -0.444 e. The fraction of sp³-hybridized carbons (Fsp3) is 0.486. The molecule has 1 aromatic heterocycles. The molecular formula is C35H42F3N5O5. The summed E-state index contributed by atoms with van der Waals surface area (Å²) in [6.07, 6.45) is -2.07. The lowest BCUT2D eigenvalue weighted by molar-refractivity contribution is -0.149. The highest BCUT2D eigenvalue weighted by molar-refractivity contribution is 5.81. The fourth-order valence-corrected chi connectivity index (χ4v) is 6.28. The molecule has 0 aliphatic carbocycles. The van der Waals surface area contributed by atoms with E-state index in [4.69, 9.17) is 9.72 Å². The second kappa shape index (κ2) is 14.0. The average molecular weight is 670 g/mol. The molecule has 4 atom stereocenters. The maximum Gasteiger partial charge on any atom is 0.410 e. The fourth-order valence-electron chi connectivity index (χ4n) is 6.28. The van der Waals surface area contributed by atoms with E-state index < -0.39 is 53.5 Å². The summed E-state index contributed by atoms with van der Waals surface area (Å²) in [6.45, 7) is 8.18. The van der Waals surface area contributed by atoms with Crippen molar-refractivity contribution in [3.63, 3.8) is 0 Å². The van der Waals surface area contributed by atoms with Gasteiger partial charge in [-0.1, -0.05) is 30.3 Å². The number of halogens is 3. The number of hydrogen-bond donors (Lipinski definition) is 1. The zero-order valence-corrected chi connectivity index (χ0v) is 27.8. The van der Waals surface area contributed by atoms with E-state index in [1.165, 1.54) is 23.6 Å². The van der Waals surface area contributed by atoms with Gasteiger partial charge in [0, 0.05) is 63.2 Å². The van der Waals surface area contributed by atoms with Crippen LogP contribution in [-0.2, 0) is 20.9 Å². The zero-order chi connectivity index (χ0) is 34.9. The van der Waals surface area contributed by atoms with Gasteiger partial charge in [0.1, 0.15) is 35.3 Å². The smallest absolute Gasteiger partial charge is 0.410 e. The number of aliphatic hydroxyl groups excluding tert-OH is 1. The third kappa shape index (κ3) is 7.83. The van der Waals surface area contributed by atoms with Crippen LogP contribution in [0.4, 0.5) is 18.0 Å². The van der Waals surface area contributed by atoms with E-state index in [1.54, 1.807) is 36.4 Å². The number of aromatic nitrogens is 2. The van der Waals surface area contributed by atoms with Crippen LogP contribution in [0.3, 0.4) is 0 Å². The van der Waals surface area contributed by atoms with E-state index >= 15 is 8.78 Å². The molecular weight excluding hydrogens is 627 g/mol. The van der Waals surface area contributed by atoms with Gasteiger partial charge in [0.05, 0.1) is 18.3 Å². The van der Waals surface area contributed by atoms with Gasteiger partial charge in [-0.05, 0) is 51.5 Å². The number of amides is 3. The number of benzene rings is 2. The summed E-state index contributed by atoms with van der Waals surface area (Å²) in [7, 11) is 0. The molecule has 258 valence electrons. The van der Waals surface area contributed by atoms with Crippen molar-refractivity contribution in [1.82, 2.24) is 24.3 Å². The van der Waals surface area contributed by atoms with Crippen LogP contribution in [-0.4, -0.2) is 97.9 Å². The molecule has 3 amide bonds. The normalized spacial score (nSPS) is 19.5. The Bertz CT molecular complexity index is 1640. The Hall–Kier alpha value is -4.39. The SMILES string of the molecule is CC(=O)N1CC([C@H](c2nc(-c3cc(F)ccc3F)cn2Cc2ccccc2)N(C[C@@H]2CN(C(=O)OC(C)(C)C)C[C@@H]2F)C(=O)[C@H](C)O)C1. The van der Waals surface area contributed by atoms with Gasteiger partial charge >= 0.3 is 6.09 Å². The van der Waals surface area contributed by atoms with Crippen LogP contribution in [0.25, 0.3) is 11.3 Å². The quantitative estimate of drug-likeness (QED) is 0.351. The van der Waals surface area contributed by atoms with E-state index in [9.17, 15) is 23.9 Å². The molecule has 48 heavy (non-hydrogen) atoms. The largest absolute Gasteiger partial charge is 0.444 e. The lowest BCUT2D eigenvalue weighted by Gasteiger charge is -2.47. The second-order valence-electron chi connectivity index (χ2n) is 13.7. The second-order valence-corrected chi connectivity index (χ2v) is 13.7. The van der Waals surface area contributed by atoms with Crippen LogP contribution in [0, 0.1) is 23.5 Å². The Kier molecular flexibility index (Phi) is 10.2. The number of nitrogens with zero attached hydrogens (tertiary/aromatic N) is 5. The molecule has 1 N–H and O–H groups in total. The van der Waals surface area contributed by atoms with Gasteiger partial charge in [0.2, 0.25) is 5.91 Å². The predicted molar refractivity (Wildman–Crippen MR) is 171 cm³/mol. The molecule has 0 saturated carbocycles. The van der Waals surface area contributed by atoms with Gasteiger partial charge in [-0.3, -0.25) is 9.59 Å². The number of imidazole rings is 1. The van der Waals surface area contributed by atoms with Crippen molar-refractivity contribution in [3.8, 4) is 11.3 Å². The number of aliphatic hydroxyl groups is 1. The number of hydrogen-bond acceptors (Lipinski definition) is 6. The number of alkyl halides is 1. The molecule has 0 bridgehead atoms. The summed E-state index contributed by atoms with van der Waals surface area (Å²) in [5.74, 6) is -3.13. The number of ether oxygens (including phenoxy) is 1. The summed E-state index contributed by atoms with van der Waals surface area (Å²) >= 11 is 0. The topological polar surface area (TPSA) is 108 Å². The summed E-state index contributed by atoms with van der Waals surface area (Å²) < 4.78 is 52.3. The Morgan fingerprint density at radius 1 is 1.04 bits per heavy atom.